The van der Waals surface area contributed by atoms with E-state index in [1.54, 1.807) is 14.0 Å². The molecule has 0 radical (unpaired) electrons. The molecule has 5 nitrogen and oxygen atoms in total. The Morgan fingerprint density at radius 3 is 2.67 bits per heavy atom. The van der Waals surface area contributed by atoms with Crippen LogP contribution >= 0.6 is 0 Å². The van der Waals surface area contributed by atoms with Crippen LogP contribution in [0.4, 0.5) is 13.6 Å². The topological polar surface area (TPSA) is 53.6 Å². The molecular weight excluding hydrogens is 316 g/mol. The van der Waals surface area contributed by atoms with Gasteiger partial charge >= 0.3 is 6.03 Å². The number of piperidine rings is 1. The van der Waals surface area contributed by atoms with Crippen LogP contribution in [-0.2, 0) is 4.74 Å². The summed E-state index contributed by atoms with van der Waals surface area (Å²) >= 11 is 0. The van der Waals surface area contributed by atoms with Gasteiger partial charge in [-0.25, -0.2) is 13.6 Å². The van der Waals surface area contributed by atoms with Gasteiger partial charge in [0.25, 0.3) is 0 Å². The molecule has 1 heterocycles. The highest BCUT2D eigenvalue weighted by atomic mass is 19.2. The molecule has 2 rings (SSSR count). The minimum absolute atomic E-state index is 0.320. The van der Waals surface area contributed by atoms with Crippen molar-refractivity contribution in [3.05, 3.63) is 35.4 Å². The molecule has 0 bridgehead atoms. The molecule has 0 saturated carbocycles. The van der Waals surface area contributed by atoms with Crippen LogP contribution in [0.2, 0.25) is 0 Å². The average molecular weight is 341 g/mol. The van der Waals surface area contributed by atoms with Gasteiger partial charge in [-0.2, -0.15) is 0 Å². The third kappa shape index (κ3) is 5.42. The molecule has 1 fully saturated rings. The lowest BCUT2D eigenvalue weighted by Crippen LogP contribution is -2.44. The number of rotatable bonds is 6. The van der Waals surface area contributed by atoms with E-state index < -0.39 is 17.7 Å². The lowest BCUT2D eigenvalue weighted by atomic mass is 10.1. The highest BCUT2D eigenvalue weighted by molar-refractivity contribution is 5.74. The molecule has 134 valence electrons. The first-order valence-corrected chi connectivity index (χ1v) is 8.24. The molecule has 1 saturated heterocycles. The van der Waals surface area contributed by atoms with Crippen LogP contribution < -0.4 is 10.6 Å². The molecule has 1 unspecified atom stereocenters. The third-order valence-electron chi connectivity index (χ3n) is 4.37. The molecule has 0 spiro atoms. The zero-order valence-corrected chi connectivity index (χ0v) is 14.1. The summed E-state index contributed by atoms with van der Waals surface area (Å²) in [7, 11) is 1.74. The molecule has 7 heteroatoms. The Morgan fingerprint density at radius 2 is 2.04 bits per heavy atom. The second-order valence-corrected chi connectivity index (χ2v) is 6.07. The van der Waals surface area contributed by atoms with Crippen LogP contribution in [0.5, 0.6) is 0 Å². The van der Waals surface area contributed by atoms with Crippen molar-refractivity contribution in [3.63, 3.8) is 0 Å². The van der Waals surface area contributed by atoms with Gasteiger partial charge in [-0.3, -0.25) is 0 Å². The van der Waals surface area contributed by atoms with Crippen LogP contribution in [0.15, 0.2) is 18.2 Å². The number of nitrogens with zero attached hydrogens (tertiary/aromatic N) is 1. The van der Waals surface area contributed by atoms with Gasteiger partial charge in [0.15, 0.2) is 11.6 Å². The Hall–Kier alpha value is -1.73. The number of halogens is 2. The van der Waals surface area contributed by atoms with Crippen molar-refractivity contribution >= 4 is 6.03 Å². The van der Waals surface area contributed by atoms with Gasteiger partial charge in [0.05, 0.1) is 12.1 Å². The molecule has 1 aliphatic heterocycles. The van der Waals surface area contributed by atoms with Gasteiger partial charge < -0.3 is 20.3 Å². The zero-order chi connectivity index (χ0) is 17.5. The van der Waals surface area contributed by atoms with Gasteiger partial charge in [0.2, 0.25) is 0 Å². The van der Waals surface area contributed by atoms with E-state index >= 15 is 0 Å². The van der Waals surface area contributed by atoms with E-state index in [0.717, 1.165) is 44.6 Å². The number of urea groups is 1. The van der Waals surface area contributed by atoms with E-state index in [4.69, 9.17) is 4.74 Å². The first-order chi connectivity index (χ1) is 11.5. The van der Waals surface area contributed by atoms with Crippen molar-refractivity contribution < 1.29 is 18.3 Å². The monoisotopic (exact) mass is 341 g/mol. The molecule has 1 aromatic carbocycles. The number of carbonyl (C=O) groups excluding carboxylic acids is 1. The molecule has 2 amide bonds. The first kappa shape index (κ1) is 18.6. The summed E-state index contributed by atoms with van der Waals surface area (Å²) in [5.41, 5.74) is 0.519. The lowest BCUT2D eigenvalue weighted by Gasteiger charge is -2.31. The predicted octanol–water partition coefficient (Wildman–Crippen LogP) is 2.44. The summed E-state index contributed by atoms with van der Waals surface area (Å²) in [4.78, 5) is 14.2. The summed E-state index contributed by atoms with van der Waals surface area (Å²) < 4.78 is 31.5. The second kappa shape index (κ2) is 8.94. The molecule has 24 heavy (non-hydrogen) atoms. The molecular formula is C17H25F2N3O2. The summed E-state index contributed by atoms with van der Waals surface area (Å²) in [6, 6.07) is 2.89. The van der Waals surface area contributed by atoms with Gasteiger partial charge in [0, 0.05) is 33.3 Å². The highest BCUT2D eigenvalue weighted by Crippen LogP contribution is 2.16. The fraction of sp³-hybridized carbons (Fsp3) is 0.588. The molecule has 2 N–H and O–H groups in total. The summed E-state index contributed by atoms with van der Waals surface area (Å²) in [5, 5.41) is 5.51. The van der Waals surface area contributed by atoms with Gasteiger partial charge in [-0.05, 0) is 37.5 Å². The Bertz CT molecular complexity index is 549. The number of hydrogen-bond donors (Lipinski definition) is 2. The molecule has 1 aromatic rings. The van der Waals surface area contributed by atoms with Crippen LogP contribution in [0, 0.1) is 11.6 Å². The third-order valence-corrected chi connectivity index (χ3v) is 4.37. The number of nitrogens with one attached hydrogen (secondary N) is 2. The fourth-order valence-corrected chi connectivity index (χ4v) is 2.81. The minimum atomic E-state index is -0.916. The van der Waals surface area contributed by atoms with Crippen molar-refractivity contribution in [2.24, 2.45) is 0 Å². The van der Waals surface area contributed by atoms with Crippen LogP contribution in [0.1, 0.15) is 31.4 Å². The summed E-state index contributed by atoms with van der Waals surface area (Å²) in [5.74, 6) is -1.81. The number of likely N-dealkylation sites (tertiary alicyclic amines) is 1. The maximum atomic E-state index is 13.2. The van der Waals surface area contributed by atoms with Gasteiger partial charge in [0.1, 0.15) is 0 Å². The number of hydrogen-bond acceptors (Lipinski definition) is 3. The van der Waals surface area contributed by atoms with E-state index in [1.165, 1.54) is 6.07 Å². The smallest absolute Gasteiger partial charge is 0.315 e. The standard InChI is InChI=1S/C17H25F2N3O2/c1-12(13-3-4-15(18)16(19)11-13)21-17(23)20-7-10-22-8-5-14(24-2)6-9-22/h3-4,11-12,14H,5-10H2,1-2H3,(H2,20,21,23). The predicted molar refractivity (Wildman–Crippen MR) is 87.8 cm³/mol. The van der Waals surface area contributed by atoms with Crippen LogP contribution in [0.3, 0.4) is 0 Å². The van der Waals surface area contributed by atoms with Crippen molar-refractivity contribution in [3.8, 4) is 0 Å². The van der Waals surface area contributed by atoms with Crippen LogP contribution in [0.25, 0.3) is 0 Å². The van der Waals surface area contributed by atoms with E-state index in [9.17, 15) is 13.6 Å². The van der Waals surface area contributed by atoms with Crippen LogP contribution in [-0.4, -0.2) is 50.3 Å². The largest absolute Gasteiger partial charge is 0.381 e. The summed E-state index contributed by atoms with van der Waals surface area (Å²) in [6.45, 7) is 4.97. The maximum Gasteiger partial charge on any atom is 0.315 e. The molecule has 0 aliphatic carbocycles. The van der Waals surface area contributed by atoms with Crippen molar-refractivity contribution in [1.82, 2.24) is 15.5 Å². The fourth-order valence-electron chi connectivity index (χ4n) is 2.81. The Balaban J connectivity index is 1.68. The second-order valence-electron chi connectivity index (χ2n) is 6.07. The van der Waals surface area contributed by atoms with E-state index in [2.05, 4.69) is 15.5 Å². The zero-order valence-electron chi connectivity index (χ0n) is 14.1. The summed E-state index contributed by atoms with van der Waals surface area (Å²) in [6.07, 6.45) is 2.36. The number of benzene rings is 1. The SMILES string of the molecule is COC1CCN(CCNC(=O)NC(C)c2ccc(F)c(F)c2)CC1. The number of carbonyl (C=O) groups is 1. The number of ether oxygens (including phenoxy) is 1. The first-order valence-electron chi connectivity index (χ1n) is 8.24. The van der Waals surface area contributed by atoms with Gasteiger partial charge in [-0.15, -0.1) is 0 Å². The van der Waals surface area contributed by atoms with E-state index in [1.807, 2.05) is 0 Å². The van der Waals surface area contributed by atoms with Crippen molar-refractivity contribution in [2.45, 2.75) is 31.9 Å². The molecule has 1 aliphatic rings. The van der Waals surface area contributed by atoms with E-state index in [-0.39, 0.29) is 6.03 Å². The quantitative estimate of drug-likeness (QED) is 0.836. The maximum absolute atomic E-state index is 13.2. The highest BCUT2D eigenvalue weighted by Gasteiger charge is 2.18. The molecule has 1 atom stereocenters. The van der Waals surface area contributed by atoms with Crippen molar-refractivity contribution in [1.29, 1.82) is 0 Å². The normalized spacial score (nSPS) is 17.5. The van der Waals surface area contributed by atoms with E-state index in [0.29, 0.717) is 18.2 Å². The Morgan fingerprint density at radius 1 is 1.33 bits per heavy atom. The Labute approximate surface area is 141 Å². The number of amides is 2. The van der Waals surface area contributed by atoms with Gasteiger partial charge in [-0.1, -0.05) is 6.07 Å². The Kier molecular flexibility index (Phi) is 6.93. The molecule has 0 aromatic heterocycles. The van der Waals surface area contributed by atoms with Crippen molar-refractivity contribution in [2.75, 3.05) is 33.3 Å². The number of methoxy groups -OCH3 is 1. The average Bonchev–Trinajstić information content (AvgIpc) is 2.58. The minimum Gasteiger partial charge on any atom is -0.381 e. The lowest BCUT2D eigenvalue weighted by molar-refractivity contribution is 0.0416.